The molecule has 0 radical (unpaired) electrons. The number of benzene rings is 1. The van der Waals surface area contributed by atoms with Gasteiger partial charge in [0.1, 0.15) is 0 Å². The molecular weight excluding hydrogens is 348 g/mol. The molecule has 1 aliphatic heterocycles. The van der Waals surface area contributed by atoms with Crippen LogP contribution in [0.4, 0.5) is 0 Å². The maximum Gasteiger partial charge on any atom is 0.264 e. The third kappa shape index (κ3) is 3.47. The maximum absolute atomic E-state index is 12.7. The summed E-state index contributed by atoms with van der Waals surface area (Å²) in [6, 6.07) is 10.2. The van der Waals surface area contributed by atoms with Crippen LogP contribution < -0.4 is 0 Å². The average Bonchev–Trinajstić information content (AvgIpc) is 2.80. The van der Waals surface area contributed by atoms with Crippen molar-refractivity contribution in [2.45, 2.75) is 6.42 Å². The second kappa shape index (κ2) is 6.90. The summed E-state index contributed by atoms with van der Waals surface area (Å²) in [5, 5.41) is 2.17. The van der Waals surface area contributed by atoms with Crippen molar-refractivity contribution < 1.29 is 4.79 Å². The maximum atomic E-state index is 12.7. The second-order valence-corrected chi connectivity index (χ2v) is 7.20. The van der Waals surface area contributed by atoms with Gasteiger partial charge in [0.15, 0.2) is 0 Å². The van der Waals surface area contributed by atoms with Crippen molar-refractivity contribution >= 4 is 43.3 Å². The van der Waals surface area contributed by atoms with Crippen molar-refractivity contribution in [2.75, 3.05) is 38.1 Å². The standard InChI is InChI=1S/C16H19BrN2OS/c17-6-9-18-7-3-8-19(11-10-18)16(20)15-12-13-4-1-2-5-14(13)21-15/h1-2,4-5,12H,3,6-11H2. The smallest absolute Gasteiger partial charge is 0.264 e. The molecule has 0 unspecified atom stereocenters. The topological polar surface area (TPSA) is 23.6 Å². The van der Waals surface area contributed by atoms with Crippen LogP contribution in [0.15, 0.2) is 30.3 Å². The van der Waals surface area contributed by atoms with E-state index in [1.807, 2.05) is 23.1 Å². The van der Waals surface area contributed by atoms with E-state index in [2.05, 4.69) is 33.0 Å². The molecule has 112 valence electrons. The van der Waals surface area contributed by atoms with E-state index in [9.17, 15) is 4.79 Å². The zero-order chi connectivity index (χ0) is 14.7. The van der Waals surface area contributed by atoms with E-state index in [1.165, 1.54) is 10.1 Å². The first-order valence-corrected chi connectivity index (χ1v) is 9.28. The van der Waals surface area contributed by atoms with Crippen LogP contribution in [0.25, 0.3) is 10.1 Å². The van der Waals surface area contributed by atoms with Gasteiger partial charge in [-0.25, -0.2) is 0 Å². The number of hydrogen-bond donors (Lipinski definition) is 0. The molecule has 0 atom stereocenters. The third-order valence-corrected chi connectivity index (χ3v) is 5.37. The zero-order valence-corrected chi connectivity index (χ0v) is 14.3. The molecule has 1 amide bonds. The van der Waals surface area contributed by atoms with Crippen molar-refractivity contribution in [3.8, 4) is 0 Å². The molecule has 3 nitrogen and oxygen atoms in total. The van der Waals surface area contributed by atoms with Gasteiger partial charge in [-0.15, -0.1) is 11.3 Å². The number of rotatable bonds is 3. The highest BCUT2D eigenvalue weighted by molar-refractivity contribution is 9.09. The van der Waals surface area contributed by atoms with Crippen molar-refractivity contribution in [1.29, 1.82) is 0 Å². The Morgan fingerprint density at radius 3 is 2.86 bits per heavy atom. The van der Waals surface area contributed by atoms with Gasteiger partial charge in [0.2, 0.25) is 0 Å². The fourth-order valence-corrected chi connectivity index (χ4v) is 4.29. The van der Waals surface area contributed by atoms with Crippen molar-refractivity contribution in [1.82, 2.24) is 9.80 Å². The predicted octanol–water partition coefficient (Wildman–Crippen LogP) is 3.44. The molecule has 1 aromatic heterocycles. The summed E-state index contributed by atoms with van der Waals surface area (Å²) in [6.07, 6.45) is 1.06. The Labute approximate surface area is 137 Å². The minimum atomic E-state index is 0.192. The number of hydrogen-bond acceptors (Lipinski definition) is 3. The molecule has 21 heavy (non-hydrogen) atoms. The first kappa shape index (κ1) is 15.0. The van der Waals surface area contributed by atoms with Gasteiger partial charge >= 0.3 is 0 Å². The molecule has 2 heterocycles. The highest BCUT2D eigenvalue weighted by atomic mass is 79.9. The molecular formula is C16H19BrN2OS. The number of thiophene rings is 1. The predicted molar refractivity (Wildman–Crippen MR) is 92.6 cm³/mol. The van der Waals surface area contributed by atoms with Gasteiger partial charge in [-0.3, -0.25) is 4.79 Å². The third-order valence-electron chi connectivity index (χ3n) is 3.91. The van der Waals surface area contributed by atoms with E-state index in [-0.39, 0.29) is 5.91 Å². The molecule has 3 rings (SSSR count). The summed E-state index contributed by atoms with van der Waals surface area (Å²) < 4.78 is 1.19. The Kier molecular flexibility index (Phi) is 4.93. The quantitative estimate of drug-likeness (QED) is 0.776. The van der Waals surface area contributed by atoms with Crippen LogP contribution in [0.5, 0.6) is 0 Å². The summed E-state index contributed by atoms with van der Waals surface area (Å²) in [4.78, 5) is 18.0. The molecule has 0 N–H and O–H groups in total. The molecule has 5 heteroatoms. The van der Waals surface area contributed by atoms with Gasteiger partial charge in [0, 0.05) is 36.2 Å². The van der Waals surface area contributed by atoms with E-state index >= 15 is 0 Å². The highest BCUT2D eigenvalue weighted by Crippen LogP contribution is 2.26. The van der Waals surface area contributed by atoms with E-state index in [4.69, 9.17) is 0 Å². The Morgan fingerprint density at radius 2 is 2.05 bits per heavy atom. The number of amides is 1. The second-order valence-electron chi connectivity index (χ2n) is 5.32. The largest absolute Gasteiger partial charge is 0.337 e. The van der Waals surface area contributed by atoms with Gasteiger partial charge in [-0.05, 0) is 30.5 Å². The van der Waals surface area contributed by atoms with Crippen molar-refractivity contribution in [2.24, 2.45) is 0 Å². The number of halogens is 1. The lowest BCUT2D eigenvalue weighted by atomic mass is 10.2. The Hall–Kier alpha value is -0.910. The van der Waals surface area contributed by atoms with E-state index in [0.29, 0.717) is 0 Å². The van der Waals surface area contributed by atoms with Crippen LogP contribution in [-0.4, -0.2) is 53.8 Å². The molecule has 1 fully saturated rings. The fourth-order valence-electron chi connectivity index (χ4n) is 2.76. The molecule has 2 aromatic rings. The first-order chi connectivity index (χ1) is 10.3. The van der Waals surface area contributed by atoms with E-state index in [1.54, 1.807) is 11.3 Å². The summed E-state index contributed by atoms with van der Waals surface area (Å²) in [5.41, 5.74) is 0. The summed E-state index contributed by atoms with van der Waals surface area (Å²) in [7, 11) is 0. The summed E-state index contributed by atoms with van der Waals surface area (Å²) >= 11 is 5.09. The van der Waals surface area contributed by atoms with Crippen LogP contribution in [0.1, 0.15) is 16.1 Å². The molecule has 0 bridgehead atoms. The van der Waals surface area contributed by atoms with Gasteiger partial charge < -0.3 is 9.80 Å². The van der Waals surface area contributed by atoms with E-state index in [0.717, 1.165) is 49.4 Å². The van der Waals surface area contributed by atoms with Gasteiger partial charge in [0.25, 0.3) is 5.91 Å². The van der Waals surface area contributed by atoms with Gasteiger partial charge in [-0.2, -0.15) is 0 Å². The number of carbonyl (C=O) groups excluding carboxylic acids is 1. The molecule has 0 spiro atoms. The van der Waals surface area contributed by atoms with Crippen LogP contribution in [0.2, 0.25) is 0 Å². The van der Waals surface area contributed by atoms with Gasteiger partial charge in [-0.1, -0.05) is 34.1 Å². The van der Waals surface area contributed by atoms with Crippen molar-refractivity contribution in [3.05, 3.63) is 35.2 Å². The summed E-state index contributed by atoms with van der Waals surface area (Å²) in [5.74, 6) is 0.192. The lowest BCUT2D eigenvalue weighted by molar-refractivity contribution is 0.0767. The molecule has 0 saturated carbocycles. The van der Waals surface area contributed by atoms with Gasteiger partial charge in [0.05, 0.1) is 4.88 Å². The Morgan fingerprint density at radius 1 is 1.19 bits per heavy atom. The molecule has 1 aliphatic rings. The Bertz CT molecular complexity index is 595. The lowest BCUT2D eigenvalue weighted by Crippen LogP contribution is -2.35. The normalized spacial score (nSPS) is 17.1. The minimum absolute atomic E-state index is 0.192. The fraction of sp³-hybridized carbons (Fsp3) is 0.438. The number of fused-ring (bicyclic) bond motifs is 1. The van der Waals surface area contributed by atoms with Crippen LogP contribution in [0, 0.1) is 0 Å². The lowest BCUT2D eigenvalue weighted by Gasteiger charge is -2.20. The van der Waals surface area contributed by atoms with Crippen LogP contribution in [-0.2, 0) is 0 Å². The molecule has 0 aliphatic carbocycles. The van der Waals surface area contributed by atoms with E-state index < -0.39 is 0 Å². The first-order valence-electron chi connectivity index (χ1n) is 7.34. The number of nitrogens with zero attached hydrogens (tertiary/aromatic N) is 2. The molecule has 1 aromatic carbocycles. The Balaban J connectivity index is 1.72. The zero-order valence-electron chi connectivity index (χ0n) is 11.9. The number of carbonyl (C=O) groups is 1. The monoisotopic (exact) mass is 366 g/mol. The molecule has 1 saturated heterocycles. The number of alkyl halides is 1. The van der Waals surface area contributed by atoms with Crippen molar-refractivity contribution in [3.63, 3.8) is 0 Å². The minimum Gasteiger partial charge on any atom is -0.337 e. The average molecular weight is 367 g/mol. The van der Waals surface area contributed by atoms with Crippen LogP contribution in [0.3, 0.4) is 0 Å². The SMILES string of the molecule is O=C(c1cc2ccccc2s1)N1CCCN(CCBr)CC1. The van der Waals surface area contributed by atoms with Crippen LogP contribution >= 0.6 is 27.3 Å². The highest BCUT2D eigenvalue weighted by Gasteiger charge is 2.21. The summed E-state index contributed by atoms with van der Waals surface area (Å²) in [6.45, 7) is 4.82.